The molecule has 2 N–H and O–H groups in total. The number of nitrogens with two attached hydrogens (primary N) is 1. The van der Waals surface area contributed by atoms with E-state index in [2.05, 4.69) is 0 Å². The Hall–Kier alpha value is -0.910. The molecule has 0 aliphatic heterocycles. The molecular formula is C13H20N2O2S. The second-order valence-corrected chi connectivity index (χ2v) is 6.95. The zero-order valence-electron chi connectivity index (χ0n) is 10.8. The number of rotatable bonds is 5. The van der Waals surface area contributed by atoms with Gasteiger partial charge < -0.3 is 5.73 Å². The smallest absolute Gasteiger partial charge is 0.243 e. The van der Waals surface area contributed by atoms with E-state index >= 15 is 0 Å². The van der Waals surface area contributed by atoms with Crippen molar-refractivity contribution in [2.24, 2.45) is 11.7 Å². The van der Waals surface area contributed by atoms with Crippen LogP contribution in [-0.2, 0) is 16.6 Å². The number of nitrogens with zero attached hydrogens (tertiary/aromatic N) is 1. The summed E-state index contributed by atoms with van der Waals surface area (Å²) in [7, 11) is -1.74. The van der Waals surface area contributed by atoms with Gasteiger partial charge in [0.2, 0.25) is 10.0 Å². The van der Waals surface area contributed by atoms with E-state index in [0.717, 1.165) is 18.4 Å². The van der Waals surface area contributed by atoms with Crippen molar-refractivity contribution in [2.75, 3.05) is 7.05 Å². The molecule has 1 aromatic carbocycles. The maximum atomic E-state index is 12.5. The van der Waals surface area contributed by atoms with E-state index in [4.69, 9.17) is 5.73 Å². The van der Waals surface area contributed by atoms with Crippen molar-refractivity contribution in [3.8, 4) is 0 Å². The van der Waals surface area contributed by atoms with E-state index < -0.39 is 10.0 Å². The van der Waals surface area contributed by atoms with Gasteiger partial charge in [0.1, 0.15) is 0 Å². The summed E-state index contributed by atoms with van der Waals surface area (Å²) in [6, 6.07) is 6.93. The maximum Gasteiger partial charge on any atom is 0.243 e. The summed E-state index contributed by atoms with van der Waals surface area (Å²) in [5, 5.41) is 0. The second kappa shape index (κ2) is 4.99. The van der Waals surface area contributed by atoms with Crippen molar-refractivity contribution in [3.63, 3.8) is 0 Å². The number of hydrogen-bond donors (Lipinski definition) is 1. The lowest BCUT2D eigenvalue weighted by atomic mass is 10.2. The average molecular weight is 268 g/mol. The normalized spacial score (nSPS) is 18.0. The van der Waals surface area contributed by atoms with Gasteiger partial charge in [0.15, 0.2) is 0 Å². The third-order valence-electron chi connectivity index (χ3n) is 3.69. The molecular weight excluding hydrogens is 248 g/mol. The van der Waals surface area contributed by atoms with Crippen molar-refractivity contribution >= 4 is 10.0 Å². The van der Waals surface area contributed by atoms with E-state index in [1.54, 1.807) is 25.2 Å². The molecule has 18 heavy (non-hydrogen) atoms. The molecule has 0 heterocycles. The molecule has 2 rings (SSSR count). The minimum absolute atomic E-state index is 0.0662. The quantitative estimate of drug-likeness (QED) is 0.881. The SMILES string of the molecule is CC(C1CC1)N(C)S(=O)(=O)c1cccc(CN)c1. The largest absolute Gasteiger partial charge is 0.326 e. The number of hydrogen-bond acceptors (Lipinski definition) is 3. The Bertz CT molecular complexity index is 524. The van der Waals surface area contributed by atoms with Gasteiger partial charge in [-0.3, -0.25) is 0 Å². The molecule has 1 aromatic rings. The first-order chi connectivity index (χ1) is 8.46. The minimum Gasteiger partial charge on any atom is -0.326 e. The lowest BCUT2D eigenvalue weighted by molar-refractivity contribution is 0.357. The van der Waals surface area contributed by atoms with Crippen LogP contribution in [0, 0.1) is 5.92 Å². The molecule has 1 saturated carbocycles. The van der Waals surface area contributed by atoms with E-state index in [1.165, 1.54) is 4.31 Å². The molecule has 0 spiro atoms. The molecule has 0 radical (unpaired) electrons. The molecule has 1 unspecified atom stereocenters. The van der Waals surface area contributed by atoms with Crippen molar-refractivity contribution in [1.82, 2.24) is 4.31 Å². The highest BCUT2D eigenvalue weighted by Gasteiger charge is 2.35. The fourth-order valence-electron chi connectivity index (χ4n) is 2.09. The monoisotopic (exact) mass is 268 g/mol. The molecule has 0 saturated heterocycles. The Labute approximate surface area is 109 Å². The highest BCUT2D eigenvalue weighted by atomic mass is 32.2. The third kappa shape index (κ3) is 2.58. The predicted molar refractivity (Wildman–Crippen MR) is 71.5 cm³/mol. The summed E-state index contributed by atoms with van der Waals surface area (Å²) < 4.78 is 26.4. The first-order valence-electron chi connectivity index (χ1n) is 6.24. The first kappa shape index (κ1) is 13.5. The fourth-order valence-corrected chi connectivity index (χ4v) is 3.59. The highest BCUT2D eigenvalue weighted by molar-refractivity contribution is 7.89. The van der Waals surface area contributed by atoms with Crippen molar-refractivity contribution in [1.29, 1.82) is 0 Å². The van der Waals surface area contributed by atoms with Gasteiger partial charge in [-0.1, -0.05) is 12.1 Å². The molecule has 4 nitrogen and oxygen atoms in total. The molecule has 1 aliphatic rings. The lowest BCUT2D eigenvalue weighted by Gasteiger charge is -2.24. The maximum absolute atomic E-state index is 12.5. The van der Waals surface area contributed by atoms with Crippen LogP contribution >= 0.6 is 0 Å². The summed E-state index contributed by atoms with van der Waals surface area (Å²) in [6.45, 7) is 2.33. The number of benzene rings is 1. The highest BCUT2D eigenvalue weighted by Crippen LogP contribution is 2.36. The van der Waals surface area contributed by atoms with E-state index in [1.807, 2.05) is 13.0 Å². The van der Waals surface area contributed by atoms with Crippen molar-refractivity contribution in [3.05, 3.63) is 29.8 Å². The zero-order chi connectivity index (χ0) is 13.3. The molecule has 100 valence electrons. The van der Waals surface area contributed by atoms with Crippen LogP contribution in [0.15, 0.2) is 29.2 Å². The van der Waals surface area contributed by atoms with Crippen LogP contribution in [-0.4, -0.2) is 25.8 Å². The lowest BCUT2D eigenvalue weighted by Crippen LogP contribution is -2.36. The summed E-state index contributed by atoms with van der Waals surface area (Å²) in [4.78, 5) is 0.334. The fraction of sp³-hybridized carbons (Fsp3) is 0.538. The standard InChI is InChI=1S/C13H20N2O2S/c1-10(12-6-7-12)15(2)18(16,17)13-5-3-4-11(8-13)9-14/h3-5,8,10,12H,6-7,9,14H2,1-2H3. The summed E-state index contributed by atoms with van der Waals surface area (Å²) in [5.41, 5.74) is 6.38. The topological polar surface area (TPSA) is 63.4 Å². The van der Waals surface area contributed by atoms with Crippen LogP contribution in [0.3, 0.4) is 0 Å². The third-order valence-corrected chi connectivity index (χ3v) is 5.63. The summed E-state index contributed by atoms with van der Waals surface area (Å²) in [6.07, 6.45) is 2.26. The van der Waals surface area contributed by atoms with Crippen LogP contribution in [0.2, 0.25) is 0 Å². The van der Waals surface area contributed by atoms with Crippen LogP contribution < -0.4 is 5.73 Å². The van der Waals surface area contributed by atoms with Crippen LogP contribution in [0.1, 0.15) is 25.3 Å². The van der Waals surface area contributed by atoms with Gasteiger partial charge in [0.25, 0.3) is 0 Å². The Kier molecular flexibility index (Phi) is 3.75. The van der Waals surface area contributed by atoms with Crippen LogP contribution in [0.5, 0.6) is 0 Å². The molecule has 0 bridgehead atoms. The second-order valence-electron chi connectivity index (χ2n) is 4.95. The Morgan fingerprint density at radius 1 is 1.44 bits per heavy atom. The molecule has 5 heteroatoms. The molecule has 1 fully saturated rings. The predicted octanol–water partition coefficient (Wildman–Crippen LogP) is 1.56. The average Bonchev–Trinajstić information content (AvgIpc) is 3.21. The van der Waals surface area contributed by atoms with Crippen molar-refractivity contribution < 1.29 is 8.42 Å². The van der Waals surface area contributed by atoms with Gasteiger partial charge >= 0.3 is 0 Å². The first-order valence-corrected chi connectivity index (χ1v) is 7.68. The van der Waals surface area contributed by atoms with Gasteiger partial charge in [-0.25, -0.2) is 8.42 Å². The molecule has 0 amide bonds. The summed E-state index contributed by atoms with van der Waals surface area (Å²) in [5.74, 6) is 0.516. The van der Waals surface area contributed by atoms with Gasteiger partial charge in [-0.05, 0) is 43.4 Å². The van der Waals surface area contributed by atoms with Gasteiger partial charge in [-0.15, -0.1) is 0 Å². The molecule has 1 atom stereocenters. The minimum atomic E-state index is -3.40. The zero-order valence-corrected chi connectivity index (χ0v) is 11.7. The number of sulfonamides is 1. The van der Waals surface area contributed by atoms with Crippen molar-refractivity contribution in [2.45, 2.75) is 37.2 Å². The van der Waals surface area contributed by atoms with E-state index in [0.29, 0.717) is 17.4 Å². The Balaban J connectivity index is 2.28. The van der Waals surface area contributed by atoms with E-state index in [9.17, 15) is 8.42 Å². The van der Waals surface area contributed by atoms with Crippen LogP contribution in [0.4, 0.5) is 0 Å². The molecule has 1 aliphatic carbocycles. The van der Waals surface area contributed by atoms with Gasteiger partial charge in [0.05, 0.1) is 4.90 Å². The Morgan fingerprint density at radius 2 is 2.11 bits per heavy atom. The van der Waals surface area contributed by atoms with E-state index in [-0.39, 0.29) is 6.04 Å². The van der Waals surface area contributed by atoms with Gasteiger partial charge in [-0.2, -0.15) is 4.31 Å². The van der Waals surface area contributed by atoms with Gasteiger partial charge in [0, 0.05) is 19.6 Å². The molecule has 0 aromatic heterocycles. The summed E-state index contributed by atoms with van der Waals surface area (Å²) >= 11 is 0. The van der Waals surface area contributed by atoms with Crippen LogP contribution in [0.25, 0.3) is 0 Å². The Morgan fingerprint density at radius 3 is 2.67 bits per heavy atom.